The third kappa shape index (κ3) is 6.74. The van der Waals surface area contributed by atoms with E-state index < -0.39 is 0 Å². The van der Waals surface area contributed by atoms with Crippen molar-refractivity contribution in [1.29, 1.82) is 0 Å². The zero-order valence-electron chi connectivity index (χ0n) is 12.0. The maximum atomic E-state index is 4.94. The van der Waals surface area contributed by atoms with E-state index in [9.17, 15) is 0 Å². The van der Waals surface area contributed by atoms with Crippen molar-refractivity contribution in [1.82, 2.24) is 15.5 Å². The molecule has 1 aromatic heterocycles. The first kappa shape index (κ1) is 15.2. The van der Waals surface area contributed by atoms with Crippen LogP contribution in [-0.4, -0.2) is 22.7 Å². The summed E-state index contributed by atoms with van der Waals surface area (Å²) in [6, 6.07) is 0.583. The molecule has 0 saturated carbocycles. The molecule has 0 aliphatic carbocycles. The van der Waals surface area contributed by atoms with Crippen molar-refractivity contribution in [2.45, 2.75) is 71.8 Å². The van der Waals surface area contributed by atoms with Crippen LogP contribution < -0.4 is 5.32 Å². The Bertz CT molecular complexity index is 312. The zero-order chi connectivity index (χ0) is 13.2. The summed E-state index contributed by atoms with van der Waals surface area (Å²) in [5, 5.41) is 7.39. The molecule has 1 aromatic rings. The molecule has 4 nitrogen and oxygen atoms in total. The lowest BCUT2D eigenvalue weighted by molar-refractivity contribution is 0.386. The second kappa shape index (κ2) is 9.09. The summed E-state index contributed by atoms with van der Waals surface area (Å²) >= 11 is 0. The van der Waals surface area contributed by atoms with E-state index in [0.29, 0.717) is 11.9 Å². The summed E-state index contributed by atoms with van der Waals surface area (Å²) in [6.45, 7) is 7.25. The van der Waals surface area contributed by atoms with Gasteiger partial charge in [0, 0.05) is 25.9 Å². The Morgan fingerprint density at radius 3 is 2.67 bits per heavy atom. The predicted octanol–water partition coefficient (Wildman–Crippen LogP) is 3.26. The molecule has 0 aromatic carbocycles. The predicted molar refractivity (Wildman–Crippen MR) is 73.6 cm³/mol. The maximum Gasteiger partial charge on any atom is 0.223 e. The molecule has 1 N–H and O–H groups in total. The van der Waals surface area contributed by atoms with Crippen molar-refractivity contribution in [2.24, 2.45) is 0 Å². The molecule has 0 aliphatic heterocycles. The highest BCUT2D eigenvalue weighted by Crippen LogP contribution is 2.07. The summed E-state index contributed by atoms with van der Waals surface area (Å²) < 4.78 is 4.94. The van der Waals surface area contributed by atoms with E-state index >= 15 is 0 Å². The minimum absolute atomic E-state index is 0.583. The minimum Gasteiger partial charge on any atom is -0.340 e. The Hall–Kier alpha value is -0.900. The van der Waals surface area contributed by atoms with Crippen LogP contribution in [0.2, 0.25) is 0 Å². The first-order valence-electron chi connectivity index (χ1n) is 7.25. The number of unbranched alkanes of at least 4 members (excludes halogenated alkanes) is 4. The Morgan fingerprint density at radius 1 is 1.22 bits per heavy atom. The number of nitrogens with zero attached hydrogens (tertiary/aromatic N) is 2. The van der Waals surface area contributed by atoms with Crippen LogP contribution in [0.5, 0.6) is 0 Å². The molecule has 0 bridgehead atoms. The van der Waals surface area contributed by atoms with Gasteiger partial charge in [0.05, 0.1) is 0 Å². The van der Waals surface area contributed by atoms with E-state index in [2.05, 4.69) is 29.3 Å². The van der Waals surface area contributed by atoms with Crippen molar-refractivity contribution >= 4 is 0 Å². The van der Waals surface area contributed by atoms with Gasteiger partial charge < -0.3 is 9.84 Å². The molecular weight excluding hydrogens is 226 g/mol. The van der Waals surface area contributed by atoms with Crippen LogP contribution in [0.3, 0.4) is 0 Å². The molecule has 0 saturated heterocycles. The fraction of sp³-hybridized carbons (Fsp3) is 0.857. The smallest absolute Gasteiger partial charge is 0.223 e. The quantitative estimate of drug-likeness (QED) is 0.650. The Kier molecular flexibility index (Phi) is 7.65. The van der Waals surface area contributed by atoms with Crippen LogP contribution in [0.25, 0.3) is 0 Å². The van der Waals surface area contributed by atoms with Crippen LogP contribution >= 0.6 is 0 Å². The van der Waals surface area contributed by atoms with Crippen molar-refractivity contribution < 1.29 is 4.52 Å². The van der Waals surface area contributed by atoms with Gasteiger partial charge in [0.15, 0.2) is 5.82 Å². The largest absolute Gasteiger partial charge is 0.340 e. The van der Waals surface area contributed by atoms with Gasteiger partial charge in [-0.15, -0.1) is 0 Å². The van der Waals surface area contributed by atoms with E-state index in [1.54, 1.807) is 0 Å². The van der Waals surface area contributed by atoms with Gasteiger partial charge in [-0.1, -0.05) is 44.2 Å². The summed E-state index contributed by atoms with van der Waals surface area (Å²) in [5.74, 6) is 1.45. The molecule has 0 spiro atoms. The molecule has 0 radical (unpaired) electrons. The van der Waals surface area contributed by atoms with Crippen molar-refractivity contribution in [3.63, 3.8) is 0 Å². The molecule has 1 rings (SSSR count). The average molecular weight is 253 g/mol. The number of rotatable bonds is 10. The fourth-order valence-corrected chi connectivity index (χ4v) is 2.03. The first-order valence-corrected chi connectivity index (χ1v) is 7.25. The molecule has 0 amide bonds. The van der Waals surface area contributed by atoms with Crippen LogP contribution in [0.15, 0.2) is 4.52 Å². The average Bonchev–Trinajstić information content (AvgIpc) is 2.75. The third-order valence-electron chi connectivity index (χ3n) is 3.15. The Labute approximate surface area is 111 Å². The highest BCUT2D eigenvalue weighted by molar-refractivity contribution is 4.84. The summed E-state index contributed by atoms with van der Waals surface area (Å²) in [4.78, 5) is 4.19. The lowest BCUT2D eigenvalue weighted by Gasteiger charge is -2.12. The van der Waals surface area contributed by atoms with E-state index in [4.69, 9.17) is 4.52 Å². The Balaban J connectivity index is 1.98. The lowest BCUT2D eigenvalue weighted by atomic mass is 10.1. The number of nitrogens with one attached hydrogen (secondary N) is 1. The molecule has 1 unspecified atom stereocenters. The van der Waals surface area contributed by atoms with Crippen LogP contribution in [0.4, 0.5) is 0 Å². The topological polar surface area (TPSA) is 51.0 Å². The summed E-state index contributed by atoms with van der Waals surface area (Å²) in [5.41, 5.74) is 0. The first-order chi connectivity index (χ1) is 8.72. The van der Waals surface area contributed by atoms with Gasteiger partial charge in [0.2, 0.25) is 5.89 Å². The van der Waals surface area contributed by atoms with E-state index in [-0.39, 0.29) is 0 Å². The number of hydrogen-bond donors (Lipinski definition) is 1. The van der Waals surface area contributed by atoms with Gasteiger partial charge in [-0.2, -0.15) is 4.98 Å². The zero-order valence-corrected chi connectivity index (χ0v) is 12.0. The van der Waals surface area contributed by atoms with Gasteiger partial charge in [-0.25, -0.2) is 0 Å². The van der Waals surface area contributed by atoms with Gasteiger partial charge in [-0.05, 0) is 13.3 Å². The maximum absolute atomic E-state index is 4.94. The molecule has 1 atom stereocenters. The number of hydrogen-bond acceptors (Lipinski definition) is 4. The highest BCUT2D eigenvalue weighted by Gasteiger charge is 2.04. The SMILES string of the molecule is CCCCCCCC(C)NCCc1noc(C)n1. The van der Waals surface area contributed by atoms with E-state index in [1.165, 1.54) is 38.5 Å². The summed E-state index contributed by atoms with van der Waals surface area (Å²) in [6.07, 6.45) is 8.87. The molecule has 0 fully saturated rings. The van der Waals surface area contributed by atoms with Gasteiger partial charge in [-0.3, -0.25) is 0 Å². The number of aryl methyl sites for hydroxylation is 1. The fourth-order valence-electron chi connectivity index (χ4n) is 2.03. The van der Waals surface area contributed by atoms with Crippen molar-refractivity contribution in [3.8, 4) is 0 Å². The van der Waals surface area contributed by atoms with E-state index in [0.717, 1.165) is 18.8 Å². The van der Waals surface area contributed by atoms with Crippen LogP contribution in [0, 0.1) is 6.92 Å². The number of aromatic nitrogens is 2. The highest BCUT2D eigenvalue weighted by atomic mass is 16.5. The molecular formula is C14H27N3O. The molecule has 18 heavy (non-hydrogen) atoms. The van der Waals surface area contributed by atoms with Crippen LogP contribution in [0.1, 0.15) is 64.1 Å². The summed E-state index contributed by atoms with van der Waals surface area (Å²) in [7, 11) is 0. The normalized spacial score (nSPS) is 12.8. The molecule has 104 valence electrons. The van der Waals surface area contributed by atoms with Crippen LogP contribution in [-0.2, 0) is 6.42 Å². The molecule has 0 aliphatic rings. The van der Waals surface area contributed by atoms with E-state index in [1.807, 2.05) is 6.92 Å². The van der Waals surface area contributed by atoms with Gasteiger partial charge in [0.25, 0.3) is 0 Å². The molecule has 1 heterocycles. The van der Waals surface area contributed by atoms with Crippen molar-refractivity contribution in [2.75, 3.05) is 6.54 Å². The second-order valence-electron chi connectivity index (χ2n) is 5.04. The Morgan fingerprint density at radius 2 is 2.00 bits per heavy atom. The van der Waals surface area contributed by atoms with Crippen molar-refractivity contribution in [3.05, 3.63) is 11.7 Å². The third-order valence-corrected chi connectivity index (χ3v) is 3.15. The van der Waals surface area contributed by atoms with Gasteiger partial charge >= 0.3 is 0 Å². The van der Waals surface area contributed by atoms with Gasteiger partial charge in [0.1, 0.15) is 0 Å². The second-order valence-corrected chi connectivity index (χ2v) is 5.04. The lowest BCUT2D eigenvalue weighted by Crippen LogP contribution is -2.28. The monoisotopic (exact) mass is 253 g/mol. The molecule has 4 heteroatoms. The minimum atomic E-state index is 0.583. The standard InChI is InChI=1S/C14H27N3O/c1-4-5-6-7-8-9-12(2)15-11-10-14-16-13(3)18-17-14/h12,15H,4-11H2,1-3H3.